The van der Waals surface area contributed by atoms with Gasteiger partial charge in [-0.15, -0.1) is 0 Å². The second-order valence-corrected chi connectivity index (χ2v) is 6.44. The summed E-state index contributed by atoms with van der Waals surface area (Å²) >= 11 is 5.91. The SMILES string of the molecule is C[C@H](Oc1cccc(Cl)c1)C(=O)N[C@@H]1C[C@@H]2CC[C@@H]1C2. The van der Waals surface area contributed by atoms with Crippen LogP contribution in [0.25, 0.3) is 0 Å². The number of ether oxygens (including phenoxy) is 1. The van der Waals surface area contributed by atoms with Crippen LogP contribution in [0.4, 0.5) is 0 Å². The highest BCUT2D eigenvalue weighted by atomic mass is 35.5. The standard InChI is InChI=1S/C16H20ClNO2/c1-10(20-14-4-2-3-13(17)9-14)16(19)18-15-8-11-5-6-12(15)7-11/h2-4,9-12,15H,5-8H2,1H3,(H,18,19)/t10-,11+,12+,15+/m0/s1. The normalized spacial score (nSPS) is 29.2. The Balaban J connectivity index is 1.54. The summed E-state index contributed by atoms with van der Waals surface area (Å²) in [5.74, 6) is 2.12. The van der Waals surface area contributed by atoms with Crippen molar-refractivity contribution in [2.75, 3.05) is 0 Å². The van der Waals surface area contributed by atoms with Crippen molar-refractivity contribution in [1.29, 1.82) is 0 Å². The first-order valence-electron chi connectivity index (χ1n) is 7.34. The zero-order chi connectivity index (χ0) is 14.1. The van der Waals surface area contributed by atoms with Crippen molar-refractivity contribution in [3.63, 3.8) is 0 Å². The van der Waals surface area contributed by atoms with Crippen molar-refractivity contribution in [3.8, 4) is 5.75 Å². The Morgan fingerprint density at radius 3 is 2.90 bits per heavy atom. The molecule has 2 fully saturated rings. The van der Waals surface area contributed by atoms with Gasteiger partial charge in [-0.25, -0.2) is 0 Å². The monoisotopic (exact) mass is 293 g/mol. The number of carbonyl (C=O) groups is 1. The predicted octanol–water partition coefficient (Wildman–Crippen LogP) is 3.41. The summed E-state index contributed by atoms with van der Waals surface area (Å²) in [6, 6.07) is 7.49. The third-order valence-corrected chi connectivity index (χ3v) is 4.78. The molecular weight excluding hydrogens is 274 g/mol. The topological polar surface area (TPSA) is 38.3 Å². The van der Waals surface area contributed by atoms with E-state index in [4.69, 9.17) is 16.3 Å². The van der Waals surface area contributed by atoms with E-state index < -0.39 is 6.10 Å². The van der Waals surface area contributed by atoms with Crippen LogP contribution < -0.4 is 10.1 Å². The molecule has 2 aliphatic rings. The van der Waals surface area contributed by atoms with Crippen LogP contribution in [-0.2, 0) is 4.79 Å². The maximum atomic E-state index is 12.2. The quantitative estimate of drug-likeness (QED) is 0.924. The van der Waals surface area contributed by atoms with Crippen LogP contribution in [0.1, 0.15) is 32.6 Å². The van der Waals surface area contributed by atoms with Gasteiger partial charge in [0.1, 0.15) is 5.75 Å². The molecule has 1 aromatic rings. The predicted molar refractivity (Wildman–Crippen MR) is 78.9 cm³/mol. The van der Waals surface area contributed by atoms with E-state index in [1.807, 2.05) is 12.1 Å². The van der Waals surface area contributed by atoms with Gasteiger partial charge in [-0.05, 0) is 56.2 Å². The second kappa shape index (κ2) is 5.65. The van der Waals surface area contributed by atoms with Crippen LogP contribution in [0.5, 0.6) is 5.75 Å². The molecule has 20 heavy (non-hydrogen) atoms. The van der Waals surface area contributed by atoms with Gasteiger partial charge in [0.15, 0.2) is 6.10 Å². The molecule has 1 amide bonds. The summed E-state index contributed by atoms with van der Waals surface area (Å²) < 4.78 is 5.65. The Kier molecular flexibility index (Phi) is 3.88. The lowest BCUT2D eigenvalue weighted by molar-refractivity contribution is -0.128. The summed E-state index contributed by atoms with van der Waals surface area (Å²) in [5.41, 5.74) is 0. The number of hydrogen-bond donors (Lipinski definition) is 1. The first-order valence-corrected chi connectivity index (χ1v) is 7.72. The molecule has 0 aliphatic heterocycles. The van der Waals surface area contributed by atoms with Gasteiger partial charge >= 0.3 is 0 Å². The number of fused-ring (bicyclic) bond motifs is 2. The fourth-order valence-corrected chi connectivity index (χ4v) is 3.70. The Labute approximate surface area is 124 Å². The lowest BCUT2D eigenvalue weighted by Gasteiger charge is -2.24. The van der Waals surface area contributed by atoms with E-state index >= 15 is 0 Å². The van der Waals surface area contributed by atoms with E-state index in [1.54, 1.807) is 19.1 Å². The Bertz CT molecular complexity index is 505. The fraction of sp³-hybridized carbons (Fsp3) is 0.562. The molecule has 2 aliphatic carbocycles. The number of halogens is 1. The summed E-state index contributed by atoms with van der Waals surface area (Å²) in [4.78, 5) is 12.2. The van der Waals surface area contributed by atoms with Gasteiger partial charge in [-0.2, -0.15) is 0 Å². The molecule has 0 saturated heterocycles. The minimum atomic E-state index is -0.493. The van der Waals surface area contributed by atoms with Crippen LogP contribution in [0.15, 0.2) is 24.3 Å². The van der Waals surface area contributed by atoms with Gasteiger partial charge in [-0.3, -0.25) is 4.79 Å². The van der Waals surface area contributed by atoms with E-state index in [1.165, 1.54) is 19.3 Å². The summed E-state index contributed by atoms with van der Waals surface area (Å²) in [7, 11) is 0. The fourth-order valence-electron chi connectivity index (χ4n) is 3.52. The average molecular weight is 294 g/mol. The minimum Gasteiger partial charge on any atom is -0.481 e. The smallest absolute Gasteiger partial charge is 0.261 e. The summed E-state index contributed by atoms with van der Waals surface area (Å²) in [5, 5.41) is 3.76. The number of carbonyl (C=O) groups excluding carboxylic acids is 1. The largest absolute Gasteiger partial charge is 0.481 e. The minimum absolute atomic E-state index is 0.0254. The highest BCUT2D eigenvalue weighted by Gasteiger charge is 2.40. The Morgan fingerprint density at radius 2 is 2.25 bits per heavy atom. The van der Waals surface area contributed by atoms with Crippen molar-refractivity contribution in [1.82, 2.24) is 5.32 Å². The van der Waals surface area contributed by atoms with Gasteiger partial charge in [0.05, 0.1) is 0 Å². The third-order valence-electron chi connectivity index (χ3n) is 4.54. The van der Waals surface area contributed by atoms with Gasteiger partial charge < -0.3 is 10.1 Å². The van der Waals surface area contributed by atoms with Crippen LogP contribution in [0.2, 0.25) is 5.02 Å². The highest BCUT2D eigenvalue weighted by molar-refractivity contribution is 6.30. The summed E-state index contributed by atoms with van der Waals surface area (Å²) in [6.45, 7) is 1.78. The molecule has 4 heteroatoms. The van der Waals surface area contributed by atoms with E-state index in [9.17, 15) is 4.79 Å². The molecule has 4 atom stereocenters. The number of rotatable bonds is 4. The molecule has 2 bridgehead atoms. The molecule has 108 valence electrons. The van der Waals surface area contributed by atoms with Gasteiger partial charge in [0, 0.05) is 11.1 Å². The van der Waals surface area contributed by atoms with Crippen LogP contribution in [0, 0.1) is 11.8 Å². The zero-order valence-electron chi connectivity index (χ0n) is 11.6. The Hall–Kier alpha value is -1.22. The molecule has 1 N–H and O–H groups in total. The maximum absolute atomic E-state index is 12.2. The number of benzene rings is 1. The molecule has 1 aromatic carbocycles. The van der Waals surface area contributed by atoms with Gasteiger partial charge in [-0.1, -0.05) is 24.1 Å². The number of hydrogen-bond acceptors (Lipinski definition) is 2. The Morgan fingerprint density at radius 1 is 1.40 bits per heavy atom. The van der Waals surface area contributed by atoms with Gasteiger partial charge in [0.2, 0.25) is 0 Å². The van der Waals surface area contributed by atoms with Crippen molar-refractivity contribution in [2.24, 2.45) is 11.8 Å². The summed E-state index contributed by atoms with van der Waals surface area (Å²) in [6.07, 6.45) is 4.53. The highest BCUT2D eigenvalue weighted by Crippen LogP contribution is 2.44. The molecule has 0 unspecified atom stereocenters. The zero-order valence-corrected chi connectivity index (χ0v) is 12.4. The molecule has 0 radical (unpaired) electrons. The second-order valence-electron chi connectivity index (χ2n) is 6.01. The van der Waals surface area contributed by atoms with Gasteiger partial charge in [0.25, 0.3) is 5.91 Å². The first-order chi connectivity index (χ1) is 9.61. The van der Waals surface area contributed by atoms with E-state index in [2.05, 4.69) is 5.32 Å². The maximum Gasteiger partial charge on any atom is 0.261 e. The van der Waals surface area contributed by atoms with E-state index in [0.29, 0.717) is 22.7 Å². The first kappa shape index (κ1) is 13.7. The third kappa shape index (κ3) is 2.93. The molecule has 3 nitrogen and oxygen atoms in total. The molecule has 0 spiro atoms. The number of nitrogens with one attached hydrogen (secondary N) is 1. The molecule has 0 heterocycles. The molecule has 3 rings (SSSR count). The van der Waals surface area contributed by atoms with Crippen LogP contribution in [0.3, 0.4) is 0 Å². The van der Waals surface area contributed by atoms with E-state index in [-0.39, 0.29) is 5.91 Å². The molecule has 0 aromatic heterocycles. The lowest BCUT2D eigenvalue weighted by atomic mass is 9.95. The van der Waals surface area contributed by atoms with Crippen molar-refractivity contribution in [2.45, 2.75) is 44.8 Å². The van der Waals surface area contributed by atoms with Crippen molar-refractivity contribution in [3.05, 3.63) is 29.3 Å². The van der Waals surface area contributed by atoms with Crippen LogP contribution >= 0.6 is 11.6 Å². The van der Waals surface area contributed by atoms with E-state index in [0.717, 1.165) is 12.3 Å². The number of amides is 1. The molecule has 2 saturated carbocycles. The van der Waals surface area contributed by atoms with Crippen molar-refractivity contribution < 1.29 is 9.53 Å². The molecular formula is C16H20ClNO2. The average Bonchev–Trinajstić information content (AvgIpc) is 3.01. The lowest BCUT2D eigenvalue weighted by Crippen LogP contribution is -2.44. The van der Waals surface area contributed by atoms with Crippen LogP contribution in [-0.4, -0.2) is 18.1 Å². The van der Waals surface area contributed by atoms with Crippen molar-refractivity contribution >= 4 is 17.5 Å².